The summed E-state index contributed by atoms with van der Waals surface area (Å²) in [5.74, 6) is -2.08. The standard InChI is InChI=1S/C20H27N3O6/c21-19(29)22-10-1-3-15(23-17(26)20(18(27)28)8-2-9-20)16(25)11-13-4-6-14(12-24)7-5-13/h4-7,15,24H,1-3,8-12H2,(H,23,26)(H,27,28)(H3,21,22,29). The van der Waals surface area contributed by atoms with Gasteiger partial charge in [0.1, 0.15) is 5.41 Å². The van der Waals surface area contributed by atoms with Gasteiger partial charge in [-0.3, -0.25) is 14.4 Å². The molecule has 1 atom stereocenters. The van der Waals surface area contributed by atoms with Crippen molar-refractivity contribution in [1.82, 2.24) is 10.6 Å². The first kappa shape index (κ1) is 22.4. The highest BCUT2D eigenvalue weighted by atomic mass is 16.4. The van der Waals surface area contributed by atoms with Crippen molar-refractivity contribution in [2.45, 2.75) is 51.2 Å². The van der Waals surface area contributed by atoms with E-state index >= 15 is 0 Å². The summed E-state index contributed by atoms with van der Waals surface area (Å²) in [6, 6.07) is 5.32. The Labute approximate surface area is 168 Å². The molecule has 0 heterocycles. The van der Waals surface area contributed by atoms with Crippen LogP contribution in [0.5, 0.6) is 0 Å². The summed E-state index contributed by atoms with van der Waals surface area (Å²) >= 11 is 0. The monoisotopic (exact) mass is 405 g/mol. The van der Waals surface area contributed by atoms with E-state index in [1.54, 1.807) is 24.3 Å². The molecule has 1 fully saturated rings. The van der Waals surface area contributed by atoms with Crippen molar-refractivity contribution in [3.05, 3.63) is 35.4 Å². The molecule has 1 unspecified atom stereocenters. The normalized spacial score (nSPS) is 15.6. The van der Waals surface area contributed by atoms with Gasteiger partial charge >= 0.3 is 12.0 Å². The summed E-state index contributed by atoms with van der Waals surface area (Å²) in [6.07, 6.45) is 1.85. The van der Waals surface area contributed by atoms with Gasteiger partial charge < -0.3 is 26.6 Å². The van der Waals surface area contributed by atoms with Crippen LogP contribution in [0, 0.1) is 5.41 Å². The quantitative estimate of drug-likeness (QED) is 0.266. The molecule has 29 heavy (non-hydrogen) atoms. The fourth-order valence-corrected chi connectivity index (χ4v) is 3.28. The van der Waals surface area contributed by atoms with E-state index in [-0.39, 0.29) is 44.6 Å². The number of hydrogen-bond acceptors (Lipinski definition) is 5. The van der Waals surface area contributed by atoms with Crippen LogP contribution >= 0.6 is 0 Å². The van der Waals surface area contributed by atoms with E-state index in [0.29, 0.717) is 12.8 Å². The number of primary amides is 1. The molecule has 3 amide bonds. The molecule has 0 bridgehead atoms. The Hall–Kier alpha value is -2.94. The van der Waals surface area contributed by atoms with Gasteiger partial charge in [-0.15, -0.1) is 0 Å². The molecule has 2 rings (SSSR count). The molecular formula is C20H27N3O6. The van der Waals surface area contributed by atoms with E-state index in [1.807, 2.05) is 0 Å². The van der Waals surface area contributed by atoms with Crippen molar-refractivity contribution in [2.75, 3.05) is 6.54 Å². The predicted molar refractivity (Wildman–Crippen MR) is 104 cm³/mol. The maximum absolute atomic E-state index is 12.8. The minimum atomic E-state index is -1.47. The second kappa shape index (κ2) is 10.0. The van der Waals surface area contributed by atoms with Crippen LogP contribution in [0.2, 0.25) is 0 Å². The third-order valence-electron chi connectivity index (χ3n) is 5.30. The predicted octanol–water partition coefficient (Wildman–Crippen LogP) is 0.479. The molecule has 1 aliphatic carbocycles. The Morgan fingerprint density at radius 1 is 1.10 bits per heavy atom. The summed E-state index contributed by atoms with van der Waals surface area (Å²) in [5.41, 5.74) is 5.00. The third kappa shape index (κ3) is 5.77. The smallest absolute Gasteiger partial charge is 0.319 e. The van der Waals surface area contributed by atoms with Crippen molar-refractivity contribution in [1.29, 1.82) is 0 Å². The summed E-state index contributed by atoms with van der Waals surface area (Å²) in [5, 5.41) is 23.6. The number of hydrogen-bond donors (Lipinski definition) is 5. The Morgan fingerprint density at radius 3 is 2.21 bits per heavy atom. The number of carbonyl (C=O) groups is 4. The van der Waals surface area contributed by atoms with Crippen LogP contribution in [-0.4, -0.2) is 46.5 Å². The lowest BCUT2D eigenvalue weighted by molar-refractivity contribution is -0.162. The summed E-state index contributed by atoms with van der Waals surface area (Å²) in [7, 11) is 0. The lowest BCUT2D eigenvalue weighted by Gasteiger charge is -2.37. The summed E-state index contributed by atoms with van der Waals surface area (Å²) in [6.45, 7) is 0.140. The number of amides is 3. The lowest BCUT2D eigenvalue weighted by Crippen LogP contribution is -2.55. The number of rotatable bonds is 11. The average Bonchev–Trinajstić information content (AvgIpc) is 2.63. The van der Waals surface area contributed by atoms with Gasteiger partial charge in [-0.25, -0.2) is 4.79 Å². The molecule has 9 nitrogen and oxygen atoms in total. The first-order valence-electron chi connectivity index (χ1n) is 9.57. The zero-order chi connectivity index (χ0) is 21.4. The Bertz CT molecular complexity index is 758. The molecule has 1 aromatic carbocycles. The van der Waals surface area contributed by atoms with E-state index in [2.05, 4.69) is 10.6 Å². The van der Waals surface area contributed by atoms with Gasteiger partial charge in [-0.2, -0.15) is 0 Å². The number of urea groups is 1. The van der Waals surface area contributed by atoms with Crippen molar-refractivity contribution >= 4 is 23.7 Å². The first-order chi connectivity index (χ1) is 13.8. The first-order valence-corrected chi connectivity index (χ1v) is 9.57. The SMILES string of the molecule is NC(=O)NCCCC(NC(=O)C1(C(=O)O)CCC1)C(=O)Cc1ccc(CO)cc1. The number of aliphatic carboxylic acids is 1. The topological polar surface area (TPSA) is 159 Å². The Morgan fingerprint density at radius 2 is 1.72 bits per heavy atom. The lowest BCUT2D eigenvalue weighted by atomic mass is 9.68. The van der Waals surface area contributed by atoms with E-state index in [9.17, 15) is 24.3 Å². The van der Waals surface area contributed by atoms with E-state index in [0.717, 1.165) is 11.1 Å². The van der Waals surface area contributed by atoms with E-state index < -0.39 is 29.4 Å². The molecule has 0 aromatic heterocycles. The van der Waals surface area contributed by atoms with Gasteiger partial charge in [0.05, 0.1) is 12.6 Å². The minimum Gasteiger partial charge on any atom is -0.480 e. The molecular weight excluding hydrogens is 378 g/mol. The molecule has 0 spiro atoms. The van der Waals surface area contributed by atoms with Crippen LogP contribution < -0.4 is 16.4 Å². The molecule has 1 aliphatic rings. The minimum absolute atomic E-state index is 0.0555. The molecule has 1 aromatic rings. The molecule has 158 valence electrons. The highest BCUT2D eigenvalue weighted by Gasteiger charge is 2.51. The molecule has 0 radical (unpaired) electrons. The number of carboxylic acid groups (broad SMARTS) is 1. The number of benzene rings is 1. The van der Waals surface area contributed by atoms with Crippen LogP contribution in [0.4, 0.5) is 4.79 Å². The van der Waals surface area contributed by atoms with E-state index in [4.69, 9.17) is 10.8 Å². The fourth-order valence-electron chi connectivity index (χ4n) is 3.28. The van der Waals surface area contributed by atoms with Gasteiger partial charge in [-0.05, 0) is 36.8 Å². The number of ketones is 1. The zero-order valence-electron chi connectivity index (χ0n) is 16.1. The van der Waals surface area contributed by atoms with Crippen LogP contribution in [0.25, 0.3) is 0 Å². The number of aliphatic hydroxyl groups is 1. The van der Waals surface area contributed by atoms with Gasteiger partial charge in [0.2, 0.25) is 5.91 Å². The van der Waals surface area contributed by atoms with Gasteiger partial charge in [-0.1, -0.05) is 30.7 Å². The Balaban J connectivity index is 2.06. The molecule has 0 saturated heterocycles. The van der Waals surface area contributed by atoms with Crippen LogP contribution in [0.3, 0.4) is 0 Å². The zero-order valence-corrected chi connectivity index (χ0v) is 16.1. The molecule has 1 saturated carbocycles. The van der Waals surface area contributed by atoms with E-state index in [1.165, 1.54) is 0 Å². The highest BCUT2D eigenvalue weighted by Crippen LogP contribution is 2.41. The maximum atomic E-state index is 12.8. The average molecular weight is 405 g/mol. The van der Waals surface area contributed by atoms with Crippen LogP contribution in [-0.2, 0) is 27.4 Å². The highest BCUT2D eigenvalue weighted by molar-refractivity contribution is 6.04. The van der Waals surface area contributed by atoms with Crippen molar-refractivity contribution in [3.63, 3.8) is 0 Å². The second-order valence-corrected chi connectivity index (χ2v) is 7.32. The van der Waals surface area contributed by atoms with Gasteiger partial charge in [0.15, 0.2) is 5.78 Å². The summed E-state index contributed by atoms with van der Waals surface area (Å²) < 4.78 is 0. The molecule has 6 N–H and O–H groups in total. The van der Waals surface area contributed by atoms with Crippen molar-refractivity contribution in [2.24, 2.45) is 11.1 Å². The number of carbonyl (C=O) groups excluding carboxylic acids is 3. The molecule has 9 heteroatoms. The Kier molecular flexibility index (Phi) is 7.72. The van der Waals surface area contributed by atoms with Crippen LogP contribution in [0.15, 0.2) is 24.3 Å². The number of nitrogens with one attached hydrogen (secondary N) is 2. The number of carboxylic acids is 1. The van der Waals surface area contributed by atoms with Gasteiger partial charge in [0, 0.05) is 13.0 Å². The number of aliphatic hydroxyl groups excluding tert-OH is 1. The van der Waals surface area contributed by atoms with Crippen molar-refractivity contribution in [3.8, 4) is 0 Å². The number of nitrogens with two attached hydrogens (primary N) is 1. The second-order valence-electron chi connectivity index (χ2n) is 7.32. The maximum Gasteiger partial charge on any atom is 0.319 e. The van der Waals surface area contributed by atoms with Gasteiger partial charge in [0.25, 0.3) is 0 Å². The molecule has 0 aliphatic heterocycles. The summed E-state index contributed by atoms with van der Waals surface area (Å²) in [4.78, 5) is 47.8. The largest absolute Gasteiger partial charge is 0.480 e. The van der Waals surface area contributed by atoms with Crippen molar-refractivity contribution < 1.29 is 29.4 Å². The fraction of sp³-hybridized carbons (Fsp3) is 0.500. The number of Topliss-reactive ketones (excluding diaryl/α,β-unsaturated/α-hetero) is 1. The third-order valence-corrected chi connectivity index (χ3v) is 5.30. The van der Waals surface area contributed by atoms with Crippen LogP contribution in [0.1, 0.15) is 43.2 Å².